The topological polar surface area (TPSA) is 0 Å². The molecule has 19 heavy (non-hydrogen) atoms. The highest BCUT2D eigenvalue weighted by Crippen LogP contribution is 2.30. The summed E-state index contributed by atoms with van der Waals surface area (Å²) in [5, 5.41) is 2.23. The highest BCUT2D eigenvalue weighted by atomic mass is 32.1. The minimum atomic E-state index is 1.09. The van der Waals surface area contributed by atoms with Gasteiger partial charge in [-0.3, -0.25) is 0 Å². The second kappa shape index (κ2) is 6.21. The Balaban J connectivity index is 1.89. The van der Waals surface area contributed by atoms with Gasteiger partial charge in [-0.25, -0.2) is 0 Å². The van der Waals surface area contributed by atoms with E-state index in [9.17, 15) is 0 Å². The zero-order valence-electron chi connectivity index (χ0n) is 12.1. The molecule has 0 spiro atoms. The molecule has 2 aromatic rings. The molecule has 0 amide bonds. The number of aryl methyl sites for hydroxylation is 4. The van der Waals surface area contributed by atoms with Crippen LogP contribution in [-0.4, -0.2) is 0 Å². The molecule has 0 unspecified atom stereocenters. The van der Waals surface area contributed by atoms with Gasteiger partial charge in [-0.1, -0.05) is 36.4 Å². The predicted octanol–water partition coefficient (Wildman–Crippen LogP) is 5.71. The van der Waals surface area contributed by atoms with Gasteiger partial charge in [0.25, 0.3) is 0 Å². The largest absolute Gasteiger partial charge is 0.148 e. The minimum Gasteiger partial charge on any atom is -0.148 e. The molecule has 1 aromatic carbocycles. The van der Waals surface area contributed by atoms with Crippen molar-refractivity contribution in [1.82, 2.24) is 0 Å². The quantitative estimate of drug-likeness (QED) is 0.653. The highest BCUT2D eigenvalue weighted by Gasteiger charge is 2.08. The molecule has 1 heteroatoms. The van der Waals surface area contributed by atoms with Crippen molar-refractivity contribution >= 4 is 16.9 Å². The van der Waals surface area contributed by atoms with E-state index < -0.39 is 0 Å². The fourth-order valence-electron chi connectivity index (χ4n) is 2.49. The molecule has 0 aliphatic rings. The Labute approximate surface area is 120 Å². The summed E-state index contributed by atoms with van der Waals surface area (Å²) in [6, 6.07) is 8.85. The van der Waals surface area contributed by atoms with Crippen molar-refractivity contribution in [3.8, 4) is 0 Å². The Morgan fingerprint density at radius 1 is 1.11 bits per heavy atom. The summed E-state index contributed by atoms with van der Waals surface area (Å²) in [5.74, 6) is 0. The Bertz CT molecular complexity index is 538. The smallest absolute Gasteiger partial charge is 0.00918 e. The Kier molecular flexibility index (Phi) is 4.60. The Morgan fingerprint density at radius 2 is 1.79 bits per heavy atom. The van der Waals surface area contributed by atoms with Gasteiger partial charge in [0.15, 0.2) is 0 Å². The summed E-state index contributed by atoms with van der Waals surface area (Å²) in [5.41, 5.74) is 6.83. The van der Waals surface area contributed by atoms with Crippen LogP contribution in [0.15, 0.2) is 36.2 Å². The van der Waals surface area contributed by atoms with Crippen molar-refractivity contribution in [3.05, 3.63) is 63.4 Å². The zero-order chi connectivity index (χ0) is 13.8. The van der Waals surface area contributed by atoms with Gasteiger partial charge in [0.1, 0.15) is 0 Å². The van der Waals surface area contributed by atoms with Crippen LogP contribution >= 0.6 is 11.3 Å². The van der Waals surface area contributed by atoms with Crippen LogP contribution in [0, 0.1) is 20.8 Å². The average molecular weight is 270 g/mol. The number of hydrogen-bond donors (Lipinski definition) is 0. The van der Waals surface area contributed by atoms with Gasteiger partial charge in [-0.2, -0.15) is 0 Å². The third kappa shape index (κ3) is 3.57. The summed E-state index contributed by atoms with van der Waals surface area (Å²) in [6.07, 6.45) is 3.41. The molecular formula is C18H22S. The first-order chi connectivity index (χ1) is 9.08. The minimum absolute atomic E-state index is 1.09. The first-order valence-corrected chi connectivity index (χ1v) is 7.74. The lowest BCUT2D eigenvalue weighted by Gasteiger charge is -2.08. The SMILES string of the molecule is C=C(CCCc1ccc(C)cc1)c1c(C)csc1C. The van der Waals surface area contributed by atoms with Gasteiger partial charge < -0.3 is 0 Å². The lowest BCUT2D eigenvalue weighted by molar-refractivity contribution is 0.853. The van der Waals surface area contributed by atoms with E-state index in [1.165, 1.54) is 39.1 Å². The second-order valence-corrected chi connectivity index (χ2v) is 6.38. The van der Waals surface area contributed by atoms with Crippen molar-refractivity contribution in [3.63, 3.8) is 0 Å². The summed E-state index contributed by atoms with van der Waals surface area (Å²) in [4.78, 5) is 1.40. The molecule has 2 rings (SSSR count). The average Bonchev–Trinajstić information content (AvgIpc) is 2.71. The third-order valence-corrected chi connectivity index (χ3v) is 4.61. The maximum absolute atomic E-state index is 4.27. The molecule has 1 aromatic heterocycles. The second-order valence-electron chi connectivity index (χ2n) is 5.29. The lowest BCUT2D eigenvalue weighted by Crippen LogP contribution is -1.90. The molecule has 0 aliphatic heterocycles. The summed E-state index contributed by atoms with van der Waals surface area (Å²) in [6.45, 7) is 10.8. The molecule has 100 valence electrons. The van der Waals surface area contributed by atoms with E-state index in [1.54, 1.807) is 0 Å². The Hall–Kier alpha value is -1.34. The number of benzene rings is 1. The van der Waals surface area contributed by atoms with E-state index in [4.69, 9.17) is 0 Å². The molecule has 0 nitrogen and oxygen atoms in total. The number of hydrogen-bond acceptors (Lipinski definition) is 1. The molecule has 0 aliphatic carbocycles. The third-order valence-electron chi connectivity index (χ3n) is 3.58. The summed E-state index contributed by atoms with van der Waals surface area (Å²) < 4.78 is 0. The van der Waals surface area contributed by atoms with E-state index in [0.717, 1.165) is 12.8 Å². The van der Waals surface area contributed by atoms with E-state index in [-0.39, 0.29) is 0 Å². The first-order valence-electron chi connectivity index (χ1n) is 6.86. The Morgan fingerprint density at radius 3 is 2.37 bits per heavy atom. The standard InChI is InChI=1S/C18H22S/c1-13-8-10-17(11-9-13)7-5-6-14(2)18-15(3)12-19-16(18)4/h8-12H,2,5-7H2,1,3-4H3. The molecule has 0 atom stereocenters. The lowest BCUT2D eigenvalue weighted by atomic mass is 9.98. The maximum Gasteiger partial charge on any atom is 0.00918 e. The van der Waals surface area contributed by atoms with Gasteiger partial charge in [0.2, 0.25) is 0 Å². The highest BCUT2D eigenvalue weighted by molar-refractivity contribution is 7.10. The van der Waals surface area contributed by atoms with Crippen LogP contribution in [-0.2, 0) is 6.42 Å². The number of thiophene rings is 1. The summed E-state index contributed by atoms with van der Waals surface area (Å²) >= 11 is 1.83. The van der Waals surface area contributed by atoms with Crippen LogP contribution in [0.5, 0.6) is 0 Å². The molecule has 0 bridgehead atoms. The predicted molar refractivity (Wildman–Crippen MR) is 86.9 cm³/mol. The number of rotatable bonds is 5. The molecule has 0 fully saturated rings. The van der Waals surface area contributed by atoms with Gasteiger partial charge in [0, 0.05) is 4.88 Å². The van der Waals surface area contributed by atoms with Crippen LogP contribution in [0.2, 0.25) is 0 Å². The van der Waals surface area contributed by atoms with Crippen molar-refractivity contribution in [2.24, 2.45) is 0 Å². The van der Waals surface area contributed by atoms with Crippen molar-refractivity contribution < 1.29 is 0 Å². The molecule has 0 radical (unpaired) electrons. The van der Waals surface area contributed by atoms with Gasteiger partial charge in [-0.05, 0) is 67.7 Å². The van der Waals surface area contributed by atoms with Crippen molar-refractivity contribution in [2.75, 3.05) is 0 Å². The van der Waals surface area contributed by atoms with E-state index >= 15 is 0 Å². The van der Waals surface area contributed by atoms with Gasteiger partial charge in [-0.15, -0.1) is 11.3 Å². The van der Waals surface area contributed by atoms with Crippen molar-refractivity contribution in [2.45, 2.75) is 40.0 Å². The first kappa shape index (κ1) is 14.1. The van der Waals surface area contributed by atoms with Crippen LogP contribution in [0.1, 0.15) is 40.0 Å². The van der Waals surface area contributed by atoms with Crippen LogP contribution in [0.25, 0.3) is 5.57 Å². The molecule has 0 saturated heterocycles. The maximum atomic E-state index is 4.27. The number of allylic oxidation sites excluding steroid dienone is 1. The fraction of sp³-hybridized carbons (Fsp3) is 0.333. The molecular weight excluding hydrogens is 248 g/mol. The van der Waals surface area contributed by atoms with Crippen molar-refractivity contribution in [1.29, 1.82) is 0 Å². The monoisotopic (exact) mass is 270 g/mol. The van der Waals surface area contributed by atoms with Gasteiger partial charge in [0.05, 0.1) is 0 Å². The zero-order valence-corrected chi connectivity index (χ0v) is 12.9. The molecule has 1 heterocycles. The van der Waals surface area contributed by atoms with Crippen LogP contribution < -0.4 is 0 Å². The fourth-order valence-corrected chi connectivity index (χ4v) is 3.38. The van der Waals surface area contributed by atoms with E-state index in [1.807, 2.05) is 11.3 Å². The normalized spacial score (nSPS) is 10.7. The molecule has 0 N–H and O–H groups in total. The molecule has 0 saturated carbocycles. The van der Waals surface area contributed by atoms with E-state index in [0.29, 0.717) is 0 Å². The van der Waals surface area contributed by atoms with Gasteiger partial charge >= 0.3 is 0 Å². The van der Waals surface area contributed by atoms with Crippen LogP contribution in [0.4, 0.5) is 0 Å². The summed E-state index contributed by atoms with van der Waals surface area (Å²) in [7, 11) is 0. The van der Waals surface area contributed by atoms with Crippen LogP contribution in [0.3, 0.4) is 0 Å². The van der Waals surface area contributed by atoms with E-state index in [2.05, 4.69) is 57.0 Å².